The number of nitrogens with zero attached hydrogens (tertiary/aromatic N) is 1. The topological polar surface area (TPSA) is 33.1 Å². The number of fused-ring (bicyclic) bond motifs is 1. The van der Waals surface area contributed by atoms with Gasteiger partial charge in [-0.05, 0) is 30.3 Å². The molecule has 1 heterocycles. The molecule has 0 aliphatic rings. The van der Waals surface area contributed by atoms with Gasteiger partial charge in [0.05, 0.1) is 11.2 Å². The predicted molar refractivity (Wildman–Crippen MR) is 73.8 cm³/mol. The molecule has 1 N–H and O–H groups in total. The van der Waals surface area contributed by atoms with Crippen LogP contribution in [0.4, 0.5) is 4.39 Å². The maximum atomic E-state index is 13.1. The average Bonchev–Trinajstić information content (AvgIpc) is 2.40. The van der Waals surface area contributed by atoms with Gasteiger partial charge in [-0.25, -0.2) is 9.37 Å². The zero-order chi connectivity index (χ0) is 13.4. The van der Waals surface area contributed by atoms with Crippen LogP contribution in [-0.4, -0.2) is 10.1 Å². The van der Waals surface area contributed by atoms with Crippen LogP contribution in [0.15, 0.2) is 48.5 Å². The van der Waals surface area contributed by atoms with E-state index in [0.717, 1.165) is 5.56 Å². The molecule has 0 unspecified atom stereocenters. The van der Waals surface area contributed by atoms with E-state index in [9.17, 15) is 9.50 Å². The van der Waals surface area contributed by atoms with Crippen LogP contribution in [0, 0.1) is 5.82 Å². The SMILES string of the molecule is Oc1cc(-c2ccc(Cl)cc2)nc2ccc(F)cc12. The molecule has 0 spiro atoms. The Morgan fingerprint density at radius 3 is 2.47 bits per heavy atom. The number of rotatable bonds is 1. The Morgan fingerprint density at radius 1 is 1.00 bits per heavy atom. The zero-order valence-corrected chi connectivity index (χ0v) is 10.5. The lowest BCUT2D eigenvalue weighted by molar-refractivity contribution is 0.481. The fourth-order valence-corrected chi connectivity index (χ4v) is 2.07. The van der Waals surface area contributed by atoms with E-state index in [-0.39, 0.29) is 5.75 Å². The van der Waals surface area contributed by atoms with Crippen LogP contribution in [0.3, 0.4) is 0 Å². The summed E-state index contributed by atoms with van der Waals surface area (Å²) in [6.07, 6.45) is 0. The van der Waals surface area contributed by atoms with Crippen LogP contribution in [-0.2, 0) is 0 Å². The van der Waals surface area contributed by atoms with Crippen molar-refractivity contribution in [2.24, 2.45) is 0 Å². The van der Waals surface area contributed by atoms with Gasteiger partial charge < -0.3 is 5.11 Å². The first-order chi connectivity index (χ1) is 9.13. The summed E-state index contributed by atoms with van der Waals surface area (Å²) in [7, 11) is 0. The van der Waals surface area contributed by atoms with Gasteiger partial charge in [-0.1, -0.05) is 23.7 Å². The van der Waals surface area contributed by atoms with E-state index in [1.54, 1.807) is 18.2 Å². The van der Waals surface area contributed by atoms with E-state index in [2.05, 4.69) is 4.98 Å². The molecule has 0 bridgehead atoms. The highest BCUT2D eigenvalue weighted by Gasteiger charge is 2.07. The van der Waals surface area contributed by atoms with Crippen molar-refractivity contribution in [1.29, 1.82) is 0 Å². The Hall–Kier alpha value is -2.13. The van der Waals surface area contributed by atoms with Crippen LogP contribution in [0.1, 0.15) is 0 Å². The van der Waals surface area contributed by atoms with E-state index in [4.69, 9.17) is 11.6 Å². The number of hydrogen-bond acceptors (Lipinski definition) is 2. The average molecular weight is 274 g/mol. The van der Waals surface area contributed by atoms with Crippen LogP contribution < -0.4 is 0 Å². The molecule has 94 valence electrons. The van der Waals surface area contributed by atoms with Gasteiger partial charge in [-0.3, -0.25) is 0 Å². The predicted octanol–water partition coefficient (Wildman–Crippen LogP) is 4.40. The molecular formula is C15H9ClFNO. The second-order valence-electron chi connectivity index (χ2n) is 4.19. The second-order valence-corrected chi connectivity index (χ2v) is 4.63. The second kappa shape index (κ2) is 4.52. The zero-order valence-electron chi connectivity index (χ0n) is 9.77. The van der Waals surface area contributed by atoms with Crippen molar-refractivity contribution in [3.8, 4) is 17.0 Å². The Morgan fingerprint density at radius 2 is 1.74 bits per heavy atom. The Balaban J connectivity index is 2.20. The van der Waals surface area contributed by atoms with Gasteiger partial charge in [0.2, 0.25) is 0 Å². The van der Waals surface area contributed by atoms with Crippen molar-refractivity contribution in [1.82, 2.24) is 4.98 Å². The summed E-state index contributed by atoms with van der Waals surface area (Å²) >= 11 is 5.83. The minimum absolute atomic E-state index is 0.00875. The van der Waals surface area contributed by atoms with E-state index >= 15 is 0 Å². The summed E-state index contributed by atoms with van der Waals surface area (Å²) in [5.41, 5.74) is 2.01. The molecule has 3 rings (SSSR count). The van der Waals surface area contributed by atoms with Gasteiger partial charge in [0.1, 0.15) is 11.6 Å². The maximum absolute atomic E-state index is 13.1. The van der Waals surface area contributed by atoms with Gasteiger partial charge >= 0.3 is 0 Å². The monoisotopic (exact) mass is 273 g/mol. The molecule has 0 saturated carbocycles. The van der Waals surface area contributed by atoms with Crippen molar-refractivity contribution in [2.45, 2.75) is 0 Å². The molecular weight excluding hydrogens is 265 g/mol. The first-order valence-electron chi connectivity index (χ1n) is 5.69. The van der Waals surface area contributed by atoms with Gasteiger partial charge in [0, 0.05) is 22.0 Å². The lowest BCUT2D eigenvalue weighted by atomic mass is 10.1. The molecule has 4 heteroatoms. The smallest absolute Gasteiger partial charge is 0.127 e. The molecule has 1 aromatic heterocycles. The highest BCUT2D eigenvalue weighted by Crippen LogP contribution is 2.29. The molecule has 3 aromatic rings. The minimum atomic E-state index is -0.399. The molecule has 2 aromatic carbocycles. The molecule has 0 aliphatic carbocycles. The molecule has 0 amide bonds. The fourth-order valence-electron chi connectivity index (χ4n) is 1.95. The molecule has 0 aliphatic heterocycles. The van der Waals surface area contributed by atoms with E-state index in [1.165, 1.54) is 18.2 Å². The Labute approximate surface area is 114 Å². The highest BCUT2D eigenvalue weighted by molar-refractivity contribution is 6.30. The third kappa shape index (κ3) is 2.25. The molecule has 0 fully saturated rings. The van der Waals surface area contributed by atoms with Crippen LogP contribution in [0.25, 0.3) is 22.2 Å². The van der Waals surface area contributed by atoms with Crippen molar-refractivity contribution < 1.29 is 9.50 Å². The summed E-state index contributed by atoms with van der Waals surface area (Å²) < 4.78 is 13.1. The number of halogens is 2. The largest absolute Gasteiger partial charge is 0.507 e. The standard InChI is InChI=1S/C15H9ClFNO/c16-10-3-1-9(2-4-10)14-8-15(19)12-7-11(17)5-6-13(12)18-14/h1-8H,(H,18,19). The van der Waals surface area contributed by atoms with E-state index in [0.29, 0.717) is 21.6 Å². The Bertz CT molecular complexity index is 756. The van der Waals surface area contributed by atoms with E-state index < -0.39 is 5.82 Å². The summed E-state index contributed by atoms with van der Waals surface area (Å²) in [5.74, 6) is -0.390. The van der Waals surface area contributed by atoms with Gasteiger partial charge in [0.25, 0.3) is 0 Å². The summed E-state index contributed by atoms with van der Waals surface area (Å²) in [5, 5.41) is 11.0. The van der Waals surface area contributed by atoms with Crippen molar-refractivity contribution in [2.75, 3.05) is 0 Å². The number of pyridine rings is 1. The maximum Gasteiger partial charge on any atom is 0.127 e. The van der Waals surface area contributed by atoms with Crippen LogP contribution in [0.2, 0.25) is 5.02 Å². The van der Waals surface area contributed by atoms with Gasteiger partial charge in [-0.15, -0.1) is 0 Å². The van der Waals surface area contributed by atoms with Gasteiger partial charge in [0.15, 0.2) is 0 Å². The van der Waals surface area contributed by atoms with Crippen LogP contribution >= 0.6 is 11.6 Å². The van der Waals surface area contributed by atoms with Gasteiger partial charge in [-0.2, -0.15) is 0 Å². The van der Waals surface area contributed by atoms with Crippen LogP contribution in [0.5, 0.6) is 5.75 Å². The first kappa shape index (κ1) is 11.9. The number of aromatic nitrogens is 1. The quantitative estimate of drug-likeness (QED) is 0.713. The molecule has 19 heavy (non-hydrogen) atoms. The molecule has 0 radical (unpaired) electrons. The first-order valence-corrected chi connectivity index (χ1v) is 6.06. The number of aromatic hydroxyl groups is 1. The molecule has 0 atom stereocenters. The summed E-state index contributed by atoms with van der Waals surface area (Å²) in [6.45, 7) is 0. The number of hydrogen-bond donors (Lipinski definition) is 1. The van der Waals surface area contributed by atoms with Crippen molar-refractivity contribution in [3.05, 3.63) is 59.4 Å². The summed E-state index contributed by atoms with van der Waals surface area (Å²) in [4.78, 5) is 4.41. The third-order valence-corrected chi connectivity index (χ3v) is 3.14. The lowest BCUT2D eigenvalue weighted by Crippen LogP contribution is -1.87. The third-order valence-electron chi connectivity index (χ3n) is 2.89. The van der Waals surface area contributed by atoms with Crippen molar-refractivity contribution >= 4 is 22.5 Å². The van der Waals surface area contributed by atoms with E-state index in [1.807, 2.05) is 12.1 Å². The Kier molecular flexibility index (Phi) is 2.84. The normalized spacial score (nSPS) is 10.8. The number of benzene rings is 2. The summed E-state index contributed by atoms with van der Waals surface area (Å²) in [6, 6.07) is 12.8. The fraction of sp³-hybridized carbons (Fsp3) is 0. The molecule has 2 nitrogen and oxygen atoms in total. The van der Waals surface area contributed by atoms with Crippen molar-refractivity contribution in [3.63, 3.8) is 0 Å². The lowest BCUT2D eigenvalue weighted by Gasteiger charge is -2.06. The highest BCUT2D eigenvalue weighted by atomic mass is 35.5. The molecule has 0 saturated heterocycles. The minimum Gasteiger partial charge on any atom is -0.507 e.